The minimum absolute atomic E-state index is 0.208. The van der Waals surface area contributed by atoms with E-state index in [-0.39, 0.29) is 6.61 Å². The van der Waals surface area contributed by atoms with E-state index in [0.717, 1.165) is 16.6 Å². The van der Waals surface area contributed by atoms with Crippen molar-refractivity contribution in [2.75, 3.05) is 6.61 Å². The number of fused-ring (bicyclic) bond motifs is 1. The normalized spacial score (nSPS) is 11.4. The molecule has 0 spiro atoms. The lowest BCUT2D eigenvalue weighted by atomic mass is 10.0. The van der Waals surface area contributed by atoms with Gasteiger partial charge in [0, 0.05) is 28.9 Å². The van der Waals surface area contributed by atoms with Crippen molar-refractivity contribution in [2.24, 2.45) is 11.5 Å². The molecule has 3 aromatic rings. The number of carbonyl (C=O) groups excluding carboxylic acids is 2. The van der Waals surface area contributed by atoms with E-state index in [0.29, 0.717) is 16.9 Å². The number of aromatic nitrogens is 2. The third kappa shape index (κ3) is 3.66. The Bertz CT molecular complexity index is 958. The molecular weight excluding hydrogens is 320 g/mol. The molecule has 7 heteroatoms. The molecule has 0 fully saturated rings. The number of nitrogens with two attached hydrogens (primary N) is 2. The van der Waals surface area contributed by atoms with Crippen LogP contribution < -0.4 is 16.2 Å². The molecule has 3 rings (SSSR count). The Balaban J connectivity index is 1.93. The van der Waals surface area contributed by atoms with Gasteiger partial charge in [0.1, 0.15) is 11.4 Å². The lowest BCUT2D eigenvalue weighted by Crippen LogP contribution is -2.20. The average molecular weight is 336 g/mol. The standard InChI is InChI=1S/C18H16N4O3/c19-16(23)10-25-13-5-3-11(4-6-13)15(17(20)24)8-12-9-22-18-14(12)2-1-7-21-18/h1-9H,10H2,(H2,19,23)(H2,20,24)(H,21,22). The fraction of sp³-hybridized carbons (Fsp3) is 0.0556. The Morgan fingerprint density at radius 3 is 2.60 bits per heavy atom. The number of primary amides is 2. The van der Waals surface area contributed by atoms with Gasteiger partial charge in [-0.15, -0.1) is 0 Å². The van der Waals surface area contributed by atoms with Gasteiger partial charge in [0.25, 0.3) is 5.91 Å². The molecule has 2 amide bonds. The lowest BCUT2D eigenvalue weighted by Gasteiger charge is -2.07. The molecular formula is C18H16N4O3. The number of ether oxygens (including phenoxy) is 1. The quantitative estimate of drug-likeness (QED) is 0.589. The maximum absolute atomic E-state index is 11.9. The number of hydrogen-bond donors (Lipinski definition) is 3. The molecule has 0 aliphatic heterocycles. The molecule has 0 saturated carbocycles. The van der Waals surface area contributed by atoms with Crippen molar-refractivity contribution in [3.8, 4) is 5.75 Å². The van der Waals surface area contributed by atoms with Crippen LogP contribution in [0.5, 0.6) is 5.75 Å². The van der Waals surface area contributed by atoms with Gasteiger partial charge in [0.2, 0.25) is 5.91 Å². The van der Waals surface area contributed by atoms with Crippen LogP contribution in [-0.2, 0) is 9.59 Å². The number of carbonyl (C=O) groups is 2. The van der Waals surface area contributed by atoms with E-state index >= 15 is 0 Å². The molecule has 2 aromatic heterocycles. The van der Waals surface area contributed by atoms with E-state index in [4.69, 9.17) is 16.2 Å². The van der Waals surface area contributed by atoms with E-state index < -0.39 is 11.8 Å². The fourth-order valence-electron chi connectivity index (χ4n) is 2.43. The maximum Gasteiger partial charge on any atom is 0.255 e. The lowest BCUT2D eigenvalue weighted by molar-refractivity contribution is -0.120. The molecule has 5 N–H and O–H groups in total. The molecule has 0 bridgehead atoms. The molecule has 0 aliphatic carbocycles. The number of amides is 2. The molecule has 7 nitrogen and oxygen atoms in total. The van der Waals surface area contributed by atoms with Crippen LogP contribution in [0.2, 0.25) is 0 Å². The number of rotatable bonds is 6. The van der Waals surface area contributed by atoms with Gasteiger partial charge in [-0.1, -0.05) is 12.1 Å². The van der Waals surface area contributed by atoms with Crippen molar-refractivity contribution in [3.05, 3.63) is 59.9 Å². The molecule has 1 aromatic carbocycles. The summed E-state index contributed by atoms with van der Waals surface area (Å²) in [5.74, 6) is -0.638. The first-order valence-electron chi connectivity index (χ1n) is 7.50. The van der Waals surface area contributed by atoms with Crippen molar-refractivity contribution < 1.29 is 14.3 Å². The first kappa shape index (κ1) is 16.3. The summed E-state index contributed by atoms with van der Waals surface area (Å²) in [4.78, 5) is 29.9. The summed E-state index contributed by atoms with van der Waals surface area (Å²) in [7, 11) is 0. The summed E-state index contributed by atoms with van der Waals surface area (Å²) in [6.45, 7) is -0.208. The van der Waals surface area contributed by atoms with Gasteiger partial charge < -0.3 is 21.2 Å². The molecule has 2 heterocycles. The highest BCUT2D eigenvalue weighted by molar-refractivity contribution is 6.24. The van der Waals surface area contributed by atoms with Crippen LogP contribution in [0.3, 0.4) is 0 Å². The van der Waals surface area contributed by atoms with Crippen LogP contribution in [0.4, 0.5) is 0 Å². The van der Waals surface area contributed by atoms with Gasteiger partial charge in [-0.2, -0.15) is 0 Å². The summed E-state index contributed by atoms with van der Waals surface area (Å²) in [5.41, 5.74) is 13.1. The van der Waals surface area contributed by atoms with E-state index in [9.17, 15) is 9.59 Å². The van der Waals surface area contributed by atoms with Crippen molar-refractivity contribution in [3.63, 3.8) is 0 Å². The second-order valence-electron chi connectivity index (χ2n) is 5.35. The molecule has 0 unspecified atom stereocenters. The zero-order valence-corrected chi connectivity index (χ0v) is 13.2. The average Bonchev–Trinajstić information content (AvgIpc) is 3.01. The Labute approximate surface area is 143 Å². The smallest absolute Gasteiger partial charge is 0.255 e. The fourth-order valence-corrected chi connectivity index (χ4v) is 2.43. The van der Waals surface area contributed by atoms with Crippen LogP contribution in [0.25, 0.3) is 22.7 Å². The predicted molar refractivity (Wildman–Crippen MR) is 94.3 cm³/mol. The Morgan fingerprint density at radius 1 is 1.16 bits per heavy atom. The Morgan fingerprint density at radius 2 is 1.92 bits per heavy atom. The maximum atomic E-state index is 11.9. The number of pyridine rings is 1. The summed E-state index contributed by atoms with van der Waals surface area (Å²) >= 11 is 0. The van der Waals surface area contributed by atoms with E-state index in [1.165, 1.54) is 0 Å². The van der Waals surface area contributed by atoms with Crippen LogP contribution in [-0.4, -0.2) is 28.4 Å². The predicted octanol–water partition coefficient (Wildman–Crippen LogP) is 1.45. The zero-order valence-electron chi connectivity index (χ0n) is 13.2. The summed E-state index contributed by atoms with van der Waals surface area (Å²) in [6.07, 6.45) is 5.17. The number of H-pyrrole nitrogens is 1. The van der Waals surface area contributed by atoms with Gasteiger partial charge >= 0.3 is 0 Å². The van der Waals surface area contributed by atoms with Crippen molar-refractivity contribution >= 4 is 34.5 Å². The zero-order chi connectivity index (χ0) is 17.8. The molecule has 0 radical (unpaired) electrons. The highest BCUT2D eigenvalue weighted by Crippen LogP contribution is 2.24. The molecule has 0 aliphatic rings. The van der Waals surface area contributed by atoms with E-state index in [1.807, 2.05) is 12.1 Å². The van der Waals surface area contributed by atoms with Gasteiger partial charge in [-0.25, -0.2) is 4.98 Å². The minimum Gasteiger partial charge on any atom is -0.484 e. The minimum atomic E-state index is -0.560. The Kier molecular flexibility index (Phi) is 4.47. The Hall–Kier alpha value is -3.61. The first-order valence-corrected chi connectivity index (χ1v) is 7.50. The second kappa shape index (κ2) is 6.88. The highest BCUT2D eigenvalue weighted by Gasteiger charge is 2.11. The van der Waals surface area contributed by atoms with Crippen molar-refractivity contribution in [1.82, 2.24) is 9.97 Å². The van der Waals surface area contributed by atoms with Gasteiger partial charge in [-0.05, 0) is 35.9 Å². The number of benzene rings is 1. The van der Waals surface area contributed by atoms with Crippen LogP contribution >= 0.6 is 0 Å². The molecule has 25 heavy (non-hydrogen) atoms. The van der Waals surface area contributed by atoms with E-state index in [2.05, 4.69) is 9.97 Å². The third-order valence-electron chi connectivity index (χ3n) is 3.59. The third-order valence-corrected chi connectivity index (χ3v) is 3.59. The van der Waals surface area contributed by atoms with E-state index in [1.54, 1.807) is 42.7 Å². The van der Waals surface area contributed by atoms with Gasteiger partial charge in [-0.3, -0.25) is 9.59 Å². The van der Waals surface area contributed by atoms with Crippen LogP contribution in [0.1, 0.15) is 11.1 Å². The topological polar surface area (TPSA) is 124 Å². The number of nitrogens with zero attached hydrogens (tertiary/aromatic N) is 1. The first-order chi connectivity index (χ1) is 12.0. The highest BCUT2D eigenvalue weighted by atomic mass is 16.5. The summed E-state index contributed by atoms with van der Waals surface area (Å²) in [5, 5.41) is 0.891. The largest absolute Gasteiger partial charge is 0.484 e. The number of nitrogens with one attached hydrogen (secondary N) is 1. The van der Waals surface area contributed by atoms with Gasteiger partial charge in [0.05, 0.1) is 0 Å². The molecule has 126 valence electrons. The number of hydrogen-bond acceptors (Lipinski definition) is 4. The monoisotopic (exact) mass is 336 g/mol. The SMILES string of the molecule is NC(=O)COc1ccc(C(=Cc2c[nH]c3ncccc23)C(N)=O)cc1. The second-order valence-corrected chi connectivity index (χ2v) is 5.35. The molecule has 0 atom stereocenters. The summed E-state index contributed by atoms with van der Waals surface area (Å²) < 4.78 is 5.20. The van der Waals surface area contributed by atoms with Crippen molar-refractivity contribution in [2.45, 2.75) is 0 Å². The number of aromatic amines is 1. The van der Waals surface area contributed by atoms with Gasteiger partial charge in [0.15, 0.2) is 6.61 Å². The van der Waals surface area contributed by atoms with Crippen LogP contribution in [0.15, 0.2) is 48.8 Å². The summed E-state index contributed by atoms with van der Waals surface area (Å²) in [6, 6.07) is 10.4. The van der Waals surface area contributed by atoms with Crippen LogP contribution in [0, 0.1) is 0 Å². The molecule has 0 saturated heterocycles. The van der Waals surface area contributed by atoms with Crippen molar-refractivity contribution in [1.29, 1.82) is 0 Å².